The molecule has 94 valence electrons. The highest BCUT2D eigenvalue weighted by atomic mass is 15.3. The van der Waals surface area contributed by atoms with Crippen molar-refractivity contribution in [2.45, 2.75) is 77.5 Å². The first-order valence-corrected chi connectivity index (χ1v) is 7.08. The van der Waals surface area contributed by atoms with Gasteiger partial charge in [0, 0.05) is 30.7 Å². The van der Waals surface area contributed by atoms with Gasteiger partial charge in [0.25, 0.3) is 0 Å². The van der Waals surface area contributed by atoms with Gasteiger partial charge in [-0.1, -0.05) is 13.8 Å². The zero-order chi connectivity index (χ0) is 11.7. The van der Waals surface area contributed by atoms with E-state index in [4.69, 9.17) is 0 Å². The Morgan fingerprint density at radius 2 is 1.94 bits per heavy atom. The Morgan fingerprint density at radius 1 is 1.25 bits per heavy atom. The van der Waals surface area contributed by atoms with Crippen molar-refractivity contribution in [1.82, 2.24) is 10.2 Å². The molecule has 1 aliphatic heterocycles. The SMILES string of the molecule is CC(C)CC(C)NC1CC(C)N(C2CC2)C1. The molecule has 2 rings (SSSR count). The fourth-order valence-electron chi connectivity index (χ4n) is 3.27. The first-order valence-electron chi connectivity index (χ1n) is 7.08. The van der Waals surface area contributed by atoms with Crippen LogP contribution in [0.5, 0.6) is 0 Å². The van der Waals surface area contributed by atoms with E-state index >= 15 is 0 Å². The average molecular weight is 224 g/mol. The second-order valence-electron chi connectivity index (χ2n) is 6.41. The first kappa shape index (κ1) is 12.4. The average Bonchev–Trinajstić information content (AvgIpc) is 2.90. The molecular formula is C14H28N2. The van der Waals surface area contributed by atoms with Gasteiger partial charge in [0.15, 0.2) is 0 Å². The Bertz CT molecular complexity index is 223. The maximum Gasteiger partial charge on any atom is 0.0212 e. The van der Waals surface area contributed by atoms with Gasteiger partial charge in [0.1, 0.15) is 0 Å². The number of likely N-dealkylation sites (tertiary alicyclic amines) is 1. The van der Waals surface area contributed by atoms with Crippen molar-refractivity contribution in [2.75, 3.05) is 6.54 Å². The first-order chi connectivity index (χ1) is 7.56. The van der Waals surface area contributed by atoms with Gasteiger partial charge in [-0.25, -0.2) is 0 Å². The lowest BCUT2D eigenvalue weighted by Crippen LogP contribution is -2.39. The van der Waals surface area contributed by atoms with Crippen molar-refractivity contribution in [1.29, 1.82) is 0 Å². The molecule has 1 saturated carbocycles. The van der Waals surface area contributed by atoms with Crippen LogP contribution in [0.15, 0.2) is 0 Å². The van der Waals surface area contributed by atoms with Gasteiger partial charge >= 0.3 is 0 Å². The van der Waals surface area contributed by atoms with Crippen molar-refractivity contribution in [3.63, 3.8) is 0 Å². The molecule has 0 aromatic carbocycles. The maximum absolute atomic E-state index is 3.81. The fourth-order valence-corrected chi connectivity index (χ4v) is 3.27. The van der Waals surface area contributed by atoms with Crippen LogP contribution in [-0.2, 0) is 0 Å². The molecule has 2 heteroatoms. The standard InChI is InChI=1S/C14H28N2/c1-10(2)7-11(3)15-13-8-12(4)16(9-13)14-5-6-14/h10-15H,5-9H2,1-4H3. The summed E-state index contributed by atoms with van der Waals surface area (Å²) in [4.78, 5) is 2.72. The summed E-state index contributed by atoms with van der Waals surface area (Å²) in [6.07, 6.45) is 5.53. The highest BCUT2D eigenvalue weighted by molar-refractivity contribution is 4.96. The molecule has 1 saturated heterocycles. The van der Waals surface area contributed by atoms with Crippen LogP contribution in [0.25, 0.3) is 0 Å². The Hall–Kier alpha value is -0.0800. The molecule has 1 N–H and O–H groups in total. The predicted molar refractivity (Wildman–Crippen MR) is 69.6 cm³/mol. The largest absolute Gasteiger partial charge is 0.310 e. The zero-order valence-corrected chi connectivity index (χ0v) is 11.4. The molecule has 3 unspecified atom stereocenters. The van der Waals surface area contributed by atoms with Gasteiger partial charge in [-0.05, 0) is 45.4 Å². The molecule has 2 nitrogen and oxygen atoms in total. The van der Waals surface area contributed by atoms with Crippen LogP contribution < -0.4 is 5.32 Å². The third-order valence-corrected chi connectivity index (χ3v) is 3.98. The van der Waals surface area contributed by atoms with E-state index < -0.39 is 0 Å². The molecule has 0 spiro atoms. The fraction of sp³-hybridized carbons (Fsp3) is 1.00. The third-order valence-electron chi connectivity index (χ3n) is 3.98. The monoisotopic (exact) mass is 224 g/mol. The summed E-state index contributed by atoms with van der Waals surface area (Å²) >= 11 is 0. The van der Waals surface area contributed by atoms with Crippen LogP contribution in [0, 0.1) is 5.92 Å². The minimum atomic E-state index is 0.677. The molecule has 0 radical (unpaired) electrons. The van der Waals surface area contributed by atoms with E-state index in [2.05, 4.69) is 37.9 Å². The smallest absolute Gasteiger partial charge is 0.0212 e. The quantitative estimate of drug-likeness (QED) is 0.772. The van der Waals surface area contributed by atoms with E-state index in [1.807, 2.05) is 0 Å². The number of nitrogens with one attached hydrogen (secondary N) is 1. The van der Waals surface area contributed by atoms with Crippen LogP contribution >= 0.6 is 0 Å². The Balaban J connectivity index is 1.74. The number of nitrogens with zero attached hydrogens (tertiary/aromatic N) is 1. The highest BCUT2D eigenvalue weighted by Gasteiger charge is 2.38. The van der Waals surface area contributed by atoms with Crippen molar-refractivity contribution in [3.05, 3.63) is 0 Å². The minimum Gasteiger partial charge on any atom is -0.310 e. The van der Waals surface area contributed by atoms with Crippen molar-refractivity contribution in [3.8, 4) is 0 Å². The lowest BCUT2D eigenvalue weighted by molar-refractivity contribution is 0.253. The number of hydrogen-bond acceptors (Lipinski definition) is 2. The van der Waals surface area contributed by atoms with E-state index in [1.54, 1.807) is 0 Å². The van der Waals surface area contributed by atoms with Crippen LogP contribution in [0.4, 0.5) is 0 Å². The minimum absolute atomic E-state index is 0.677. The molecule has 0 amide bonds. The summed E-state index contributed by atoms with van der Waals surface area (Å²) < 4.78 is 0. The summed E-state index contributed by atoms with van der Waals surface area (Å²) in [5.74, 6) is 0.806. The summed E-state index contributed by atoms with van der Waals surface area (Å²) in [6, 6.07) is 3.15. The summed E-state index contributed by atoms with van der Waals surface area (Å²) in [5.41, 5.74) is 0. The van der Waals surface area contributed by atoms with E-state index in [0.717, 1.165) is 24.0 Å². The van der Waals surface area contributed by atoms with Gasteiger partial charge in [0.05, 0.1) is 0 Å². The Morgan fingerprint density at radius 3 is 2.50 bits per heavy atom. The predicted octanol–water partition coefficient (Wildman–Crippen LogP) is 2.64. The molecule has 0 aromatic heterocycles. The van der Waals surface area contributed by atoms with Gasteiger partial charge in [-0.2, -0.15) is 0 Å². The lowest BCUT2D eigenvalue weighted by atomic mass is 10.0. The molecule has 3 atom stereocenters. The molecule has 1 aliphatic carbocycles. The zero-order valence-electron chi connectivity index (χ0n) is 11.4. The van der Waals surface area contributed by atoms with E-state index in [-0.39, 0.29) is 0 Å². The molecule has 2 aliphatic rings. The van der Waals surface area contributed by atoms with Crippen LogP contribution in [0.3, 0.4) is 0 Å². The summed E-state index contributed by atoms with van der Waals surface area (Å²) in [6.45, 7) is 10.6. The van der Waals surface area contributed by atoms with Gasteiger partial charge < -0.3 is 5.32 Å². The highest BCUT2D eigenvalue weighted by Crippen LogP contribution is 2.33. The third kappa shape index (κ3) is 3.21. The topological polar surface area (TPSA) is 15.3 Å². The summed E-state index contributed by atoms with van der Waals surface area (Å²) in [7, 11) is 0. The van der Waals surface area contributed by atoms with Gasteiger partial charge in [0.2, 0.25) is 0 Å². The van der Waals surface area contributed by atoms with E-state index in [0.29, 0.717) is 6.04 Å². The molecule has 1 heterocycles. The maximum atomic E-state index is 3.81. The van der Waals surface area contributed by atoms with Gasteiger partial charge in [-0.15, -0.1) is 0 Å². The van der Waals surface area contributed by atoms with Crippen LogP contribution in [0.2, 0.25) is 0 Å². The normalized spacial score (nSPS) is 33.6. The summed E-state index contributed by atoms with van der Waals surface area (Å²) in [5, 5.41) is 3.81. The van der Waals surface area contributed by atoms with Crippen LogP contribution in [0.1, 0.15) is 53.4 Å². The Labute approximate surface area is 101 Å². The molecule has 2 fully saturated rings. The Kier molecular flexibility index (Phi) is 3.91. The van der Waals surface area contributed by atoms with Crippen molar-refractivity contribution in [2.24, 2.45) is 5.92 Å². The van der Waals surface area contributed by atoms with Crippen molar-refractivity contribution < 1.29 is 0 Å². The molecular weight excluding hydrogens is 196 g/mol. The molecule has 0 aromatic rings. The van der Waals surface area contributed by atoms with Crippen LogP contribution in [-0.4, -0.2) is 35.6 Å². The van der Waals surface area contributed by atoms with Crippen molar-refractivity contribution >= 4 is 0 Å². The van der Waals surface area contributed by atoms with Gasteiger partial charge in [-0.3, -0.25) is 4.90 Å². The second-order valence-corrected chi connectivity index (χ2v) is 6.41. The second kappa shape index (κ2) is 5.05. The van der Waals surface area contributed by atoms with E-state index in [9.17, 15) is 0 Å². The molecule has 0 bridgehead atoms. The molecule has 16 heavy (non-hydrogen) atoms. The number of rotatable bonds is 5. The lowest BCUT2D eigenvalue weighted by Gasteiger charge is -2.22. The number of hydrogen-bond donors (Lipinski definition) is 1. The van der Waals surface area contributed by atoms with E-state index in [1.165, 1.54) is 32.2 Å².